The normalized spacial score (nSPS) is 17.7. The SMILES string of the molecule is C=C(Br)CNC(c1ccc(OC)cc1)C1CCOCC1. The first-order chi connectivity index (χ1) is 9.70. The molecule has 0 saturated carbocycles. The highest BCUT2D eigenvalue weighted by Crippen LogP contribution is 2.31. The zero-order chi connectivity index (χ0) is 14.4. The molecule has 0 radical (unpaired) electrons. The van der Waals surface area contributed by atoms with Crippen molar-refractivity contribution in [1.29, 1.82) is 0 Å². The fraction of sp³-hybridized carbons (Fsp3) is 0.500. The molecule has 1 unspecified atom stereocenters. The van der Waals surface area contributed by atoms with Crippen molar-refractivity contribution in [3.05, 3.63) is 40.9 Å². The molecule has 3 nitrogen and oxygen atoms in total. The average Bonchev–Trinajstić information content (AvgIpc) is 2.49. The smallest absolute Gasteiger partial charge is 0.118 e. The molecule has 1 N–H and O–H groups in total. The van der Waals surface area contributed by atoms with Crippen LogP contribution in [0.3, 0.4) is 0 Å². The molecule has 1 fully saturated rings. The minimum absolute atomic E-state index is 0.333. The first kappa shape index (κ1) is 15.5. The fourth-order valence-electron chi connectivity index (χ4n) is 2.64. The predicted octanol–water partition coefficient (Wildman–Crippen LogP) is 3.66. The van der Waals surface area contributed by atoms with Crippen LogP contribution in [0.2, 0.25) is 0 Å². The summed E-state index contributed by atoms with van der Waals surface area (Å²) in [6.07, 6.45) is 2.19. The van der Waals surface area contributed by atoms with Gasteiger partial charge < -0.3 is 14.8 Å². The van der Waals surface area contributed by atoms with E-state index in [4.69, 9.17) is 9.47 Å². The molecule has 4 heteroatoms. The summed E-state index contributed by atoms with van der Waals surface area (Å²) in [4.78, 5) is 0. The standard InChI is InChI=1S/C16H22BrNO2/c1-12(17)11-18-16(14-7-9-20-10-8-14)13-3-5-15(19-2)6-4-13/h3-6,14,16,18H,1,7-11H2,2H3. The molecular formula is C16H22BrNO2. The monoisotopic (exact) mass is 339 g/mol. The molecule has 0 bridgehead atoms. The molecule has 1 aliphatic heterocycles. The highest BCUT2D eigenvalue weighted by Gasteiger charge is 2.25. The van der Waals surface area contributed by atoms with E-state index >= 15 is 0 Å². The lowest BCUT2D eigenvalue weighted by Gasteiger charge is -2.31. The Bertz CT molecular complexity index is 427. The Morgan fingerprint density at radius 1 is 1.40 bits per heavy atom. The molecule has 1 aromatic rings. The number of ether oxygens (including phenoxy) is 2. The van der Waals surface area contributed by atoms with Gasteiger partial charge in [0.2, 0.25) is 0 Å². The largest absolute Gasteiger partial charge is 0.497 e. The maximum atomic E-state index is 5.47. The lowest BCUT2D eigenvalue weighted by atomic mass is 9.87. The van der Waals surface area contributed by atoms with Crippen LogP contribution >= 0.6 is 15.9 Å². The third-order valence-electron chi connectivity index (χ3n) is 3.73. The molecule has 2 rings (SSSR count). The summed E-state index contributed by atoms with van der Waals surface area (Å²) in [7, 11) is 1.69. The van der Waals surface area contributed by atoms with Gasteiger partial charge in [-0.05, 0) is 36.5 Å². The number of methoxy groups -OCH3 is 1. The average molecular weight is 340 g/mol. The third-order valence-corrected chi connectivity index (χ3v) is 4.01. The molecule has 1 atom stereocenters. The van der Waals surface area contributed by atoms with Gasteiger partial charge in [0.15, 0.2) is 0 Å². The molecule has 0 aliphatic carbocycles. The lowest BCUT2D eigenvalue weighted by Crippen LogP contribution is -2.32. The summed E-state index contributed by atoms with van der Waals surface area (Å²) in [6, 6.07) is 8.66. The van der Waals surface area contributed by atoms with E-state index < -0.39 is 0 Å². The van der Waals surface area contributed by atoms with Crippen LogP contribution < -0.4 is 10.1 Å². The van der Waals surface area contributed by atoms with E-state index in [2.05, 4.69) is 40.0 Å². The minimum Gasteiger partial charge on any atom is -0.497 e. The molecule has 1 aliphatic rings. The van der Waals surface area contributed by atoms with E-state index in [1.54, 1.807) is 7.11 Å². The van der Waals surface area contributed by atoms with Crippen LogP contribution in [-0.4, -0.2) is 26.9 Å². The summed E-state index contributed by atoms with van der Waals surface area (Å²) >= 11 is 3.42. The molecule has 1 saturated heterocycles. The summed E-state index contributed by atoms with van der Waals surface area (Å²) in [5, 5.41) is 3.60. The molecule has 1 heterocycles. The zero-order valence-electron chi connectivity index (χ0n) is 11.9. The van der Waals surface area contributed by atoms with E-state index in [-0.39, 0.29) is 0 Å². The van der Waals surface area contributed by atoms with Gasteiger partial charge >= 0.3 is 0 Å². The number of rotatable bonds is 6. The van der Waals surface area contributed by atoms with Crippen LogP contribution in [0.4, 0.5) is 0 Å². The van der Waals surface area contributed by atoms with Crippen molar-refractivity contribution in [2.24, 2.45) is 5.92 Å². The number of nitrogens with one attached hydrogen (secondary N) is 1. The third kappa shape index (κ3) is 4.33. The molecule has 20 heavy (non-hydrogen) atoms. The van der Waals surface area contributed by atoms with Gasteiger partial charge in [0.25, 0.3) is 0 Å². The van der Waals surface area contributed by atoms with Crippen LogP contribution in [0, 0.1) is 5.92 Å². The highest BCUT2D eigenvalue weighted by molar-refractivity contribution is 9.11. The van der Waals surface area contributed by atoms with E-state index in [1.165, 1.54) is 5.56 Å². The minimum atomic E-state index is 0.333. The second-order valence-electron chi connectivity index (χ2n) is 5.10. The molecule has 0 aromatic heterocycles. The molecule has 1 aromatic carbocycles. The predicted molar refractivity (Wildman–Crippen MR) is 85.3 cm³/mol. The molecule has 0 amide bonds. The van der Waals surface area contributed by atoms with Crippen LogP contribution in [0.25, 0.3) is 0 Å². The van der Waals surface area contributed by atoms with Crippen LogP contribution in [0.15, 0.2) is 35.3 Å². The summed E-state index contributed by atoms with van der Waals surface area (Å²) in [5.41, 5.74) is 1.30. The number of hydrogen-bond acceptors (Lipinski definition) is 3. The van der Waals surface area contributed by atoms with Crippen LogP contribution in [-0.2, 0) is 4.74 Å². The quantitative estimate of drug-likeness (QED) is 0.857. The van der Waals surface area contributed by atoms with Crippen molar-refractivity contribution in [1.82, 2.24) is 5.32 Å². The van der Waals surface area contributed by atoms with Gasteiger partial charge in [-0.2, -0.15) is 0 Å². The van der Waals surface area contributed by atoms with Crippen molar-refractivity contribution < 1.29 is 9.47 Å². The maximum absolute atomic E-state index is 5.47. The maximum Gasteiger partial charge on any atom is 0.118 e. The lowest BCUT2D eigenvalue weighted by molar-refractivity contribution is 0.0540. The van der Waals surface area contributed by atoms with Gasteiger partial charge in [-0.15, -0.1) is 0 Å². The molecule has 110 valence electrons. The summed E-state index contributed by atoms with van der Waals surface area (Å²) in [6.45, 7) is 6.39. The Kier molecular flexibility index (Phi) is 6.07. The van der Waals surface area contributed by atoms with Gasteiger partial charge in [-0.25, -0.2) is 0 Å². The number of hydrogen-bond donors (Lipinski definition) is 1. The van der Waals surface area contributed by atoms with Crippen LogP contribution in [0.1, 0.15) is 24.4 Å². The van der Waals surface area contributed by atoms with Crippen LogP contribution in [0.5, 0.6) is 5.75 Å². The van der Waals surface area contributed by atoms with E-state index in [0.29, 0.717) is 12.0 Å². The fourth-order valence-corrected chi connectivity index (χ4v) is 2.80. The molecular weight excluding hydrogens is 318 g/mol. The van der Waals surface area contributed by atoms with E-state index in [1.807, 2.05) is 12.1 Å². The Morgan fingerprint density at radius 3 is 2.60 bits per heavy atom. The Hall–Kier alpha value is -0.840. The van der Waals surface area contributed by atoms with Gasteiger partial charge in [-0.1, -0.05) is 34.6 Å². The zero-order valence-corrected chi connectivity index (χ0v) is 13.5. The van der Waals surface area contributed by atoms with Crippen molar-refractivity contribution in [3.8, 4) is 5.75 Å². The topological polar surface area (TPSA) is 30.5 Å². The highest BCUT2D eigenvalue weighted by atomic mass is 79.9. The Morgan fingerprint density at radius 2 is 2.05 bits per heavy atom. The number of benzene rings is 1. The van der Waals surface area contributed by atoms with Crippen molar-refractivity contribution in [3.63, 3.8) is 0 Å². The van der Waals surface area contributed by atoms with Gasteiger partial charge in [-0.3, -0.25) is 0 Å². The van der Waals surface area contributed by atoms with Crippen molar-refractivity contribution in [2.75, 3.05) is 26.9 Å². The summed E-state index contributed by atoms with van der Waals surface area (Å²) < 4.78 is 11.7. The second-order valence-corrected chi connectivity index (χ2v) is 6.22. The van der Waals surface area contributed by atoms with Gasteiger partial charge in [0.05, 0.1) is 7.11 Å². The first-order valence-electron chi connectivity index (χ1n) is 6.99. The Balaban J connectivity index is 2.12. The Labute approximate surface area is 129 Å². The molecule has 0 spiro atoms. The van der Waals surface area contributed by atoms with Crippen molar-refractivity contribution >= 4 is 15.9 Å². The van der Waals surface area contributed by atoms with Gasteiger partial charge in [0, 0.05) is 30.3 Å². The first-order valence-corrected chi connectivity index (χ1v) is 7.78. The van der Waals surface area contributed by atoms with Gasteiger partial charge in [0.1, 0.15) is 5.75 Å². The van der Waals surface area contributed by atoms with E-state index in [9.17, 15) is 0 Å². The summed E-state index contributed by atoms with van der Waals surface area (Å²) in [5.74, 6) is 1.49. The number of halogens is 1. The van der Waals surface area contributed by atoms with E-state index in [0.717, 1.165) is 42.8 Å². The van der Waals surface area contributed by atoms with Crippen molar-refractivity contribution in [2.45, 2.75) is 18.9 Å². The second kappa shape index (κ2) is 7.81.